The molecule has 1 aromatic heterocycles. The summed E-state index contributed by atoms with van der Waals surface area (Å²) in [5.74, 6) is 0.0622. The number of rotatable bonds is 3. The monoisotopic (exact) mass is 242 g/mol. The van der Waals surface area contributed by atoms with Gasteiger partial charge < -0.3 is 0 Å². The molecule has 0 radical (unpaired) electrons. The van der Waals surface area contributed by atoms with Crippen LogP contribution < -0.4 is 4.72 Å². The van der Waals surface area contributed by atoms with Crippen LogP contribution in [0.2, 0.25) is 0 Å². The summed E-state index contributed by atoms with van der Waals surface area (Å²) >= 11 is 0. The van der Waals surface area contributed by atoms with Crippen molar-refractivity contribution in [2.45, 2.75) is 33.1 Å². The third kappa shape index (κ3) is 3.48. The van der Waals surface area contributed by atoms with E-state index in [4.69, 9.17) is 0 Å². The lowest BCUT2D eigenvalue weighted by Crippen LogP contribution is -2.16. The Balaban J connectivity index is 3.01. The second-order valence-corrected chi connectivity index (χ2v) is 6.73. The molecular weight excluding hydrogens is 224 g/mol. The Hall–Kier alpha value is -1.10. The van der Waals surface area contributed by atoms with E-state index in [2.05, 4.69) is 30.5 Å². The summed E-state index contributed by atoms with van der Waals surface area (Å²) in [6, 6.07) is 1.82. The molecule has 0 aliphatic heterocycles. The first-order valence-corrected chi connectivity index (χ1v) is 6.86. The summed E-state index contributed by atoms with van der Waals surface area (Å²) in [7, 11) is -3.22. The normalized spacial score (nSPS) is 12.5. The van der Waals surface area contributed by atoms with Crippen molar-refractivity contribution < 1.29 is 8.42 Å². The summed E-state index contributed by atoms with van der Waals surface area (Å²) in [5.41, 5.74) is 1.48. The van der Waals surface area contributed by atoms with Gasteiger partial charge in [-0.05, 0) is 24.0 Å². The number of hydrogen-bond acceptors (Lipinski definition) is 3. The van der Waals surface area contributed by atoms with Gasteiger partial charge in [-0.3, -0.25) is 9.71 Å². The second kappa shape index (κ2) is 4.41. The van der Waals surface area contributed by atoms with Gasteiger partial charge in [-0.25, -0.2) is 8.42 Å². The van der Waals surface area contributed by atoms with E-state index < -0.39 is 10.0 Å². The molecule has 0 unspecified atom stereocenters. The molecule has 0 spiro atoms. The number of nitrogens with zero attached hydrogens (tertiary/aromatic N) is 1. The Morgan fingerprint density at radius 1 is 1.31 bits per heavy atom. The molecule has 0 atom stereocenters. The first-order chi connectivity index (χ1) is 7.24. The van der Waals surface area contributed by atoms with Gasteiger partial charge in [0.05, 0.1) is 17.6 Å². The van der Waals surface area contributed by atoms with Crippen LogP contribution in [0.15, 0.2) is 18.5 Å². The lowest BCUT2D eigenvalue weighted by atomic mass is 9.88. The average Bonchev–Trinajstić information content (AvgIpc) is 2.16. The molecule has 1 aromatic rings. The summed E-state index contributed by atoms with van der Waals surface area (Å²) in [6.07, 6.45) is 3.27. The SMILES string of the molecule is CCS(=O)(=O)Nc1cncc(C(C)(C)C)c1. The minimum Gasteiger partial charge on any atom is -0.282 e. The third-order valence-electron chi connectivity index (χ3n) is 2.26. The zero-order valence-corrected chi connectivity index (χ0v) is 10.9. The fraction of sp³-hybridized carbons (Fsp3) is 0.545. The first kappa shape index (κ1) is 13.0. The predicted molar refractivity (Wildman–Crippen MR) is 66.0 cm³/mol. The molecular formula is C11H18N2O2S. The summed E-state index contributed by atoms with van der Waals surface area (Å²) in [5, 5.41) is 0. The van der Waals surface area contributed by atoms with Crippen molar-refractivity contribution in [2.24, 2.45) is 0 Å². The van der Waals surface area contributed by atoms with Crippen LogP contribution >= 0.6 is 0 Å². The number of aromatic nitrogens is 1. The van der Waals surface area contributed by atoms with Crippen molar-refractivity contribution in [3.63, 3.8) is 0 Å². The van der Waals surface area contributed by atoms with Crippen LogP contribution in [0.3, 0.4) is 0 Å². The number of hydrogen-bond donors (Lipinski definition) is 1. The summed E-state index contributed by atoms with van der Waals surface area (Å²) in [4.78, 5) is 4.04. The van der Waals surface area contributed by atoms with E-state index in [1.165, 1.54) is 6.20 Å². The van der Waals surface area contributed by atoms with Crippen LogP contribution in [0, 0.1) is 0 Å². The van der Waals surface area contributed by atoms with Gasteiger partial charge in [0.1, 0.15) is 0 Å². The molecule has 90 valence electrons. The maximum atomic E-state index is 11.4. The zero-order valence-electron chi connectivity index (χ0n) is 10.1. The highest BCUT2D eigenvalue weighted by atomic mass is 32.2. The maximum absolute atomic E-state index is 11.4. The number of sulfonamides is 1. The number of nitrogens with one attached hydrogen (secondary N) is 1. The molecule has 0 aliphatic carbocycles. The highest BCUT2D eigenvalue weighted by Crippen LogP contribution is 2.23. The van der Waals surface area contributed by atoms with Crippen molar-refractivity contribution in [2.75, 3.05) is 10.5 Å². The molecule has 0 aromatic carbocycles. The minimum absolute atomic E-state index is 0.0410. The van der Waals surface area contributed by atoms with Crippen LogP contribution in [0.4, 0.5) is 5.69 Å². The average molecular weight is 242 g/mol. The standard InChI is InChI=1S/C11H18N2O2S/c1-5-16(14,15)13-10-6-9(7-12-8-10)11(2,3)4/h6-8,13H,5H2,1-4H3. The topological polar surface area (TPSA) is 59.1 Å². The van der Waals surface area contributed by atoms with Gasteiger partial charge in [-0.2, -0.15) is 0 Å². The Morgan fingerprint density at radius 3 is 2.44 bits per heavy atom. The van der Waals surface area contributed by atoms with Gasteiger partial charge in [-0.15, -0.1) is 0 Å². The molecule has 0 fully saturated rings. The van der Waals surface area contributed by atoms with Gasteiger partial charge in [0.15, 0.2) is 0 Å². The molecule has 0 amide bonds. The van der Waals surface area contributed by atoms with E-state index in [0.717, 1.165) is 5.56 Å². The van der Waals surface area contributed by atoms with Crippen molar-refractivity contribution in [1.82, 2.24) is 4.98 Å². The number of anilines is 1. The Labute approximate surface area is 97.2 Å². The molecule has 5 heteroatoms. The lowest BCUT2D eigenvalue weighted by Gasteiger charge is -2.19. The largest absolute Gasteiger partial charge is 0.282 e. The first-order valence-electron chi connectivity index (χ1n) is 5.20. The Bertz CT molecular complexity index is 461. The van der Waals surface area contributed by atoms with Crippen LogP contribution in [-0.2, 0) is 15.4 Å². The van der Waals surface area contributed by atoms with Crippen LogP contribution in [-0.4, -0.2) is 19.2 Å². The van der Waals surface area contributed by atoms with E-state index in [1.54, 1.807) is 13.1 Å². The van der Waals surface area contributed by atoms with Crippen molar-refractivity contribution in [3.8, 4) is 0 Å². The molecule has 0 bridgehead atoms. The van der Waals surface area contributed by atoms with Crippen LogP contribution in [0.25, 0.3) is 0 Å². The fourth-order valence-electron chi connectivity index (χ4n) is 1.16. The van der Waals surface area contributed by atoms with Crippen LogP contribution in [0.1, 0.15) is 33.3 Å². The molecule has 4 nitrogen and oxygen atoms in total. The van der Waals surface area contributed by atoms with E-state index >= 15 is 0 Å². The van der Waals surface area contributed by atoms with E-state index in [9.17, 15) is 8.42 Å². The summed E-state index contributed by atoms with van der Waals surface area (Å²) in [6.45, 7) is 7.77. The molecule has 1 heterocycles. The molecule has 0 aliphatic rings. The van der Waals surface area contributed by atoms with E-state index in [0.29, 0.717) is 5.69 Å². The predicted octanol–water partition coefficient (Wildman–Crippen LogP) is 2.14. The van der Waals surface area contributed by atoms with E-state index in [-0.39, 0.29) is 11.2 Å². The smallest absolute Gasteiger partial charge is 0.232 e. The van der Waals surface area contributed by atoms with Crippen molar-refractivity contribution in [3.05, 3.63) is 24.0 Å². The molecule has 16 heavy (non-hydrogen) atoms. The van der Waals surface area contributed by atoms with Gasteiger partial charge in [0.25, 0.3) is 0 Å². The quantitative estimate of drug-likeness (QED) is 0.883. The Morgan fingerprint density at radius 2 is 1.94 bits per heavy atom. The van der Waals surface area contributed by atoms with Gasteiger partial charge >= 0.3 is 0 Å². The second-order valence-electron chi connectivity index (χ2n) is 4.72. The number of pyridine rings is 1. The summed E-state index contributed by atoms with van der Waals surface area (Å²) < 4.78 is 25.3. The van der Waals surface area contributed by atoms with Gasteiger partial charge in [-0.1, -0.05) is 20.8 Å². The molecule has 0 saturated carbocycles. The molecule has 1 rings (SSSR count). The van der Waals surface area contributed by atoms with Crippen LogP contribution in [0.5, 0.6) is 0 Å². The minimum atomic E-state index is -3.22. The highest BCUT2D eigenvalue weighted by molar-refractivity contribution is 7.92. The molecule has 0 saturated heterocycles. The zero-order chi connectivity index (χ0) is 12.4. The third-order valence-corrected chi connectivity index (χ3v) is 3.56. The maximum Gasteiger partial charge on any atom is 0.232 e. The lowest BCUT2D eigenvalue weighted by molar-refractivity contribution is 0.587. The highest BCUT2D eigenvalue weighted by Gasteiger charge is 2.15. The molecule has 1 N–H and O–H groups in total. The van der Waals surface area contributed by atoms with Gasteiger partial charge in [0, 0.05) is 6.20 Å². The fourth-order valence-corrected chi connectivity index (χ4v) is 1.77. The van der Waals surface area contributed by atoms with E-state index in [1.807, 2.05) is 6.07 Å². The van der Waals surface area contributed by atoms with Crippen molar-refractivity contribution in [1.29, 1.82) is 0 Å². The van der Waals surface area contributed by atoms with Crippen molar-refractivity contribution >= 4 is 15.7 Å². The Kier molecular flexibility index (Phi) is 3.57. The van der Waals surface area contributed by atoms with Gasteiger partial charge in [0.2, 0.25) is 10.0 Å².